The first-order valence-electron chi connectivity index (χ1n) is 6.83. The maximum atomic E-state index is 10.6. The molecule has 0 saturated heterocycles. The van der Waals surface area contributed by atoms with Crippen LogP contribution in [0, 0.1) is 17.3 Å². The van der Waals surface area contributed by atoms with Gasteiger partial charge in [0, 0.05) is 0 Å². The smallest absolute Gasteiger partial charge is 0.0655 e. The molecule has 2 aliphatic rings. The van der Waals surface area contributed by atoms with Gasteiger partial charge in [-0.1, -0.05) is 19.1 Å². The largest absolute Gasteiger partial charge is 0.393 e. The number of aliphatic hydroxyl groups excluding tert-OH is 1. The molecule has 2 rings (SSSR count). The van der Waals surface area contributed by atoms with E-state index in [1.165, 1.54) is 5.57 Å². The summed E-state index contributed by atoms with van der Waals surface area (Å²) in [6, 6.07) is 0. The van der Waals surface area contributed by atoms with E-state index in [2.05, 4.69) is 20.4 Å². The van der Waals surface area contributed by atoms with Gasteiger partial charge in [0.15, 0.2) is 0 Å². The van der Waals surface area contributed by atoms with E-state index in [9.17, 15) is 10.2 Å². The summed E-state index contributed by atoms with van der Waals surface area (Å²) in [5, 5.41) is 20.9. The van der Waals surface area contributed by atoms with Crippen molar-refractivity contribution in [3.8, 4) is 0 Å². The van der Waals surface area contributed by atoms with Crippen LogP contribution in [0.4, 0.5) is 0 Å². The number of rotatable bonds is 1. The molecule has 0 spiro atoms. The van der Waals surface area contributed by atoms with Crippen molar-refractivity contribution in [2.75, 3.05) is 0 Å². The fraction of sp³-hybridized carbons (Fsp3) is 0.867. The third kappa shape index (κ3) is 2.06. The van der Waals surface area contributed by atoms with E-state index in [-0.39, 0.29) is 17.4 Å². The van der Waals surface area contributed by atoms with Crippen LogP contribution in [0.2, 0.25) is 0 Å². The Kier molecular flexibility index (Phi) is 3.16. The van der Waals surface area contributed by atoms with E-state index in [0.717, 1.165) is 32.1 Å². The fourth-order valence-corrected chi connectivity index (χ4v) is 4.07. The van der Waals surface area contributed by atoms with Gasteiger partial charge in [-0.2, -0.15) is 0 Å². The molecule has 0 aromatic rings. The van der Waals surface area contributed by atoms with Gasteiger partial charge in [0.1, 0.15) is 0 Å². The third-order valence-electron chi connectivity index (χ3n) is 5.48. The van der Waals surface area contributed by atoms with Gasteiger partial charge in [0.05, 0.1) is 11.7 Å². The van der Waals surface area contributed by atoms with Crippen LogP contribution in [-0.2, 0) is 0 Å². The quantitative estimate of drug-likeness (QED) is 0.690. The van der Waals surface area contributed by atoms with E-state index in [1.54, 1.807) is 0 Å². The lowest BCUT2D eigenvalue weighted by Crippen LogP contribution is -2.57. The van der Waals surface area contributed by atoms with Crippen LogP contribution in [0.15, 0.2) is 12.2 Å². The molecule has 0 heterocycles. The van der Waals surface area contributed by atoms with Gasteiger partial charge in [-0.15, -0.1) is 0 Å². The molecule has 5 atom stereocenters. The van der Waals surface area contributed by atoms with Gasteiger partial charge < -0.3 is 10.2 Å². The number of fused-ring (bicyclic) bond motifs is 1. The molecule has 0 amide bonds. The van der Waals surface area contributed by atoms with Crippen molar-refractivity contribution in [1.29, 1.82) is 0 Å². The summed E-state index contributed by atoms with van der Waals surface area (Å²) in [6.07, 6.45) is 4.30. The number of aliphatic hydroxyl groups is 2. The van der Waals surface area contributed by atoms with Crippen molar-refractivity contribution in [2.24, 2.45) is 17.3 Å². The van der Waals surface area contributed by atoms with Crippen molar-refractivity contribution in [3.63, 3.8) is 0 Å². The van der Waals surface area contributed by atoms with Crippen molar-refractivity contribution in [1.82, 2.24) is 0 Å². The highest BCUT2D eigenvalue weighted by atomic mass is 16.3. The molecular formula is C15H26O2. The molecule has 17 heavy (non-hydrogen) atoms. The molecule has 0 aromatic carbocycles. The summed E-state index contributed by atoms with van der Waals surface area (Å²) in [4.78, 5) is 0. The highest BCUT2D eigenvalue weighted by Crippen LogP contribution is 2.56. The molecule has 0 aliphatic heterocycles. The van der Waals surface area contributed by atoms with Gasteiger partial charge in [-0.05, 0) is 63.2 Å². The van der Waals surface area contributed by atoms with Gasteiger partial charge in [-0.3, -0.25) is 0 Å². The predicted octanol–water partition coefficient (Wildman–Crippen LogP) is 2.89. The lowest BCUT2D eigenvalue weighted by molar-refractivity contribution is -0.171. The summed E-state index contributed by atoms with van der Waals surface area (Å²) < 4.78 is 0. The van der Waals surface area contributed by atoms with E-state index < -0.39 is 5.60 Å². The standard InChI is InChI=1S/C15H26O2/c1-10(2)11-5-7-14(3)12(9-11)15(4,17)8-6-13(14)16/h11-13,16-17H,1,5-9H2,2-4H3/t11-,12+,13+,14+,15+/m1/s1. The van der Waals surface area contributed by atoms with Crippen LogP contribution in [0.1, 0.15) is 52.9 Å². The summed E-state index contributed by atoms with van der Waals surface area (Å²) in [6.45, 7) is 10.3. The molecule has 2 fully saturated rings. The molecule has 2 aliphatic carbocycles. The Labute approximate surface area is 105 Å². The Morgan fingerprint density at radius 2 is 1.88 bits per heavy atom. The minimum Gasteiger partial charge on any atom is -0.393 e. The van der Waals surface area contributed by atoms with Gasteiger partial charge in [0.25, 0.3) is 0 Å². The van der Waals surface area contributed by atoms with Crippen LogP contribution in [0.25, 0.3) is 0 Å². The second-order valence-electron chi connectivity index (χ2n) is 6.79. The first-order valence-corrected chi connectivity index (χ1v) is 6.83. The van der Waals surface area contributed by atoms with E-state index in [1.807, 2.05) is 6.92 Å². The third-order valence-corrected chi connectivity index (χ3v) is 5.48. The minimum absolute atomic E-state index is 0.103. The van der Waals surface area contributed by atoms with Crippen LogP contribution >= 0.6 is 0 Å². The number of hydrogen-bond donors (Lipinski definition) is 2. The monoisotopic (exact) mass is 238 g/mol. The Morgan fingerprint density at radius 1 is 1.24 bits per heavy atom. The number of hydrogen-bond acceptors (Lipinski definition) is 2. The molecule has 98 valence electrons. The van der Waals surface area contributed by atoms with Crippen LogP contribution in [0.3, 0.4) is 0 Å². The highest BCUT2D eigenvalue weighted by Gasteiger charge is 2.54. The zero-order chi connectivity index (χ0) is 12.8. The molecule has 0 unspecified atom stereocenters. The summed E-state index contributed by atoms with van der Waals surface area (Å²) >= 11 is 0. The highest BCUT2D eigenvalue weighted by molar-refractivity contribution is 5.09. The van der Waals surface area contributed by atoms with E-state index >= 15 is 0 Å². The van der Waals surface area contributed by atoms with E-state index in [4.69, 9.17) is 0 Å². The van der Waals surface area contributed by atoms with Crippen molar-refractivity contribution < 1.29 is 10.2 Å². The lowest BCUT2D eigenvalue weighted by atomic mass is 9.52. The van der Waals surface area contributed by atoms with Gasteiger partial charge in [-0.25, -0.2) is 0 Å². The average Bonchev–Trinajstić information content (AvgIpc) is 2.24. The van der Waals surface area contributed by atoms with Crippen molar-refractivity contribution >= 4 is 0 Å². The molecule has 2 heteroatoms. The summed E-state index contributed by atoms with van der Waals surface area (Å²) in [5.74, 6) is 0.721. The molecule has 0 radical (unpaired) electrons. The maximum absolute atomic E-state index is 10.6. The molecular weight excluding hydrogens is 212 g/mol. The second kappa shape index (κ2) is 4.10. The van der Waals surface area contributed by atoms with E-state index in [0.29, 0.717) is 5.92 Å². The summed E-state index contributed by atoms with van der Waals surface area (Å²) in [5.41, 5.74) is 0.499. The minimum atomic E-state index is -0.623. The predicted molar refractivity (Wildman–Crippen MR) is 69.6 cm³/mol. The van der Waals surface area contributed by atoms with Crippen LogP contribution in [-0.4, -0.2) is 21.9 Å². The Balaban J connectivity index is 2.27. The van der Waals surface area contributed by atoms with Gasteiger partial charge >= 0.3 is 0 Å². The molecule has 2 saturated carbocycles. The molecule has 2 N–H and O–H groups in total. The van der Waals surface area contributed by atoms with Crippen LogP contribution < -0.4 is 0 Å². The van der Waals surface area contributed by atoms with Crippen molar-refractivity contribution in [2.45, 2.75) is 64.6 Å². The Hall–Kier alpha value is -0.340. The van der Waals surface area contributed by atoms with Crippen molar-refractivity contribution in [3.05, 3.63) is 12.2 Å². The fourth-order valence-electron chi connectivity index (χ4n) is 4.07. The summed E-state index contributed by atoms with van der Waals surface area (Å²) in [7, 11) is 0. The maximum Gasteiger partial charge on any atom is 0.0655 e. The molecule has 0 aromatic heterocycles. The lowest BCUT2D eigenvalue weighted by Gasteiger charge is -2.56. The zero-order valence-electron chi connectivity index (χ0n) is 11.4. The molecule has 0 bridgehead atoms. The Bertz CT molecular complexity index is 321. The average molecular weight is 238 g/mol. The first-order chi connectivity index (χ1) is 7.77. The SMILES string of the molecule is C=C(C)[C@@H]1CC[C@]2(C)[C@@H](O)CC[C@](C)(O)[C@H]2C1. The van der Waals surface area contributed by atoms with Crippen LogP contribution in [0.5, 0.6) is 0 Å². The Morgan fingerprint density at radius 3 is 2.47 bits per heavy atom. The van der Waals surface area contributed by atoms with Gasteiger partial charge in [0.2, 0.25) is 0 Å². The number of allylic oxidation sites excluding steroid dienone is 1. The molecule has 2 nitrogen and oxygen atoms in total. The second-order valence-corrected chi connectivity index (χ2v) is 6.79. The topological polar surface area (TPSA) is 40.5 Å². The zero-order valence-corrected chi connectivity index (χ0v) is 11.4. The normalized spacial score (nSPS) is 50.8. The first kappa shape index (κ1) is 13.1.